The average Bonchev–Trinajstić information content (AvgIpc) is 2.93. The van der Waals surface area contributed by atoms with Crippen LogP contribution >= 0.6 is 0 Å². The Bertz CT molecular complexity index is 539. The fourth-order valence-electron chi connectivity index (χ4n) is 2.05. The van der Waals surface area contributed by atoms with Gasteiger partial charge in [0, 0.05) is 52.5 Å². The average molecular weight is 262 g/mol. The largest absolute Gasteiger partial charge is 0.348 e. The number of aryl methyl sites for hydroxylation is 1. The quantitative estimate of drug-likeness (QED) is 0.876. The molecule has 0 bridgehead atoms. The number of imidazole rings is 1. The number of nitrogens with one attached hydrogen (secondary N) is 1. The smallest absolute Gasteiger partial charge is 0.204 e. The van der Waals surface area contributed by atoms with Gasteiger partial charge in [0.1, 0.15) is 0 Å². The molecule has 2 rings (SSSR count). The summed E-state index contributed by atoms with van der Waals surface area (Å²) in [6.45, 7) is 2.92. The summed E-state index contributed by atoms with van der Waals surface area (Å²) in [5, 5.41) is 7.68. The highest BCUT2D eigenvalue weighted by Crippen LogP contribution is 2.14. The van der Waals surface area contributed by atoms with Gasteiger partial charge in [-0.15, -0.1) is 0 Å². The van der Waals surface area contributed by atoms with Crippen LogP contribution in [0.1, 0.15) is 24.2 Å². The van der Waals surface area contributed by atoms with Gasteiger partial charge in [-0.1, -0.05) is 0 Å². The van der Waals surface area contributed by atoms with Crippen molar-refractivity contribution in [3.8, 4) is 0 Å². The van der Waals surface area contributed by atoms with Gasteiger partial charge < -0.3 is 14.8 Å². The molecule has 1 N–H and O–H groups in total. The summed E-state index contributed by atoms with van der Waals surface area (Å²) in [4.78, 5) is 6.41. The zero-order valence-corrected chi connectivity index (χ0v) is 12.3. The molecule has 2 heterocycles. The van der Waals surface area contributed by atoms with Crippen LogP contribution in [-0.4, -0.2) is 33.4 Å². The van der Waals surface area contributed by atoms with Crippen molar-refractivity contribution < 1.29 is 0 Å². The first-order valence-corrected chi connectivity index (χ1v) is 6.39. The molecule has 0 amide bonds. The lowest BCUT2D eigenvalue weighted by Gasteiger charge is -2.15. The van der Waals surface area contributed by atoms with Crippen molar-refractivity contribution in [2.24, 2.45) is 14.1 Å². The van der Waals surface area contributed by atoms with E-state index < -0.39 is 0 Å². The molecule has 0 fully saturated rings. The molecule has 2 aromatic rings. The van der Waals surface area contributed by atoms with Crippen LogP contribution in [0.3, 0.4) is 0 Å². The minimum absolute atomic E-state index is 0.270. The molecular weight excluding hydrogens is 240 g/mol. The van der Waals surface area contributed by atoms with Crippen LogP contribution in [0.4, 0.5) is 5.95 Å². The molecule has 6 nitrogen and oxygen atoms in total. The highest BCUT2D eigenvalue weighted by atomic mass is 15.3. The fourth-order valence-corrected chi connectivity index (χ4v) is 2.05. The Morgan fingerprint density at radius 3 is 2.58 bits per heavy atom. The van der Waals surface area contributed by atoms with Crippen molar-refractivity contribution in [1.29, 1.82) is 0 Å². The maximum atomic E-state index is 4.40. The highest BCUT2D eigenvalue weighted by Gasteiger charge is 2.11. The number of hydrogen-bond acceptors (Lipinski definition) is 4. The number of nitrogens with zero attached hydrogens (tertiary/aromatic N) is 5. The Labute approximate surface area is 114 Å². The molecule has 0 saturated carbocycles. The van der Waals surface area contributed by atoms with Gasteiger partial charge in [0.2, 0.25) is 5.95 Å². The number of hydrogen-bond donors (Lipinski definition) is 1. The molecule has 0 spiro atoms. The lowest BCUT2D eigenvalue weighted by atomic mass is 10.2. The van der Waals surface area contributed by atoms with Gasteiger partial charge in [-0.25, -0.2) is 4.98 Å². The third kappa shape index (κ3) is 2.96. The number of rotatable bonds is 5. The second-order valence-corrected chi connectivity index (χ2v) is 5.05. The van der Waals surface area contributed by atoms with Crippen LogP contribution in [0.25, 0.3) is 0 Å². The number of anilines is 1. The summed E-state index contributed by atoms with van der Waals surface area (Å²) in [6, 6.07) is 0.270. The molecule has 0 saturated heterocycles. The van der Waals surface area contributed by atoms with Gasteiger partial charge >= 0.3 is 0 Å². The van der Waals surface area contributed by atoms with Gasteiger partial charge in [0.15, 0.2) is 0 Å². The third-order valence-corrected chi connectivity index (χ3v) is 3.27. The molecule has 6 heteroatoms. The summed E-state index contributed by atoms with van der Waals surface area (Å²) >= 11 is 0. The molecule has 0 aliphatic carbocycles. The van der Waals surface area contributed by atoms with Gasteiger partial charge in [0.05, 0.1) is 18.1 Å². The summed E-state index contributed by atoms with van der Waals surface area (Å²) in [7, 11) is 7.96. The van der Waals surface area contributed by atoms with E-state index in [0.717, 1.165) is 12.5 Å². The van der Waals surface area contributed by atoms with Crippen LogP contribution in [0.2, 0.25) is 0 Å². The monoisotopic (exact) mass is 262 g/mol. The summed E-state index contributed by atoms with van der Waals surface area (Å²) in [5.41, 5.74) is 2.36. The predicted octanol–water partition coefficient (Wildman–Crippen LogP) is 1.07. The normalized spacial score (nSPS) is 12.7. The van der Waals surface area contributed by atoms with E-state index in [-0.39, 0.29) is 6.04 Å². The molecule has 2 aromatic heterocycles. The summed E-state index contributed by atoms with van der Waals surface area (Å²) in [6.07, 6.45) is 5.84. The molecule has 19 heavy (non-hydrogen) atoms. The zero-order chi connectivity index (χ0) is 14.0. The second kappa shape index (κ2) is 5.44. The van der Waals surface area contributed by atoms with E-state index in [9.17, 15) is 0 Å². The lowest BCUT2D eigenvalue weighted by molar-refractivity contribution is 0.557. The van der Waals surface area contributed by atoms with Crippen molar-refractivity contribution in [3.63, 3.8) is 0 Å². The van der Waals surface area contributed by atoms with Gasteiger partial charge in [-0.3, -0.25) is 4.68 Å². The molecule has 0 radical (unpaired) electrons. The zero-order valence-electron chi connectivity index (χ0n) is 12.3. The minimum atomic E-state index is 0.270. The maximum Gasteiger partial charge on any atom is 0.204 e. The third-order valence-electron chi connectivity index (χ3n) is 3.27. The first kappa shape index (κ1) is 13.6. The van der Waals surface area contributed by atoms with Crippen molar-refractivity contribution in [2.45, 2.75) is 19.5 Å². The minimum Gasteiger partial charge on any atom is -0.348 e. The van der Waals surface area contributed by atoms with E-state index in [0.29, 0.717) is 0 Å². The van der Waals surface area contributed by atoms with E-state index in [2.05, 4.69) is 26.9 Å². The predicted molar refractivity (Wildman–Crippen MR) is 76.0 cm³/mol. The van der Waals surface area contributed by atoms with E-state index >= 15 is 0 Å². The Kier molecular flexibility index (Phi) is 3.90. The molecule has 0 aliphatic rings. The summed E-state index contributed by atoms with van der Waals surface area (Å²) in [5.74, 6) is 0.964. The second-order valence-electron chi connectivity index (χ2n) is 5.05. The molecule has 1 unspecified atom stereocenters. The van der Waals surface area contributed by atoms with Gasteiger partial charge in [-0.2, -0.15) is 5.10 Å². The Hall–Kier alpha value is -1.82. The van der Waals surface area contributed by atoms with E-state index in [1.807, 2.05) is 56.4 Å². The van der Waals surface area contributed by atoms with E-state index in [1.54, 1.807) is 0 Å². The number of aromatic nitrogens is 4. The first-order valence-electron chi connectivity index (χ1n) is 6.39. The summed E-state index contributed by atoms with van der Waals surface area (Å²) < 4.78 is 3.92. The highest BCUT2D eigenvalue weighted by molar-refractivity contribution is 5.31. The molecule has 104 valence electrons. The Balaban J connectivity index is 1.99. The van der Waals surface area contributed by atoms with Gasteiger partial charge in [-0.05, 0) is 6.92 Å². The standard InChI is InChI=1S/C13H22N6/c1-10(11-6-16-18(4)9-11)14-7-12-8-15-13(17(2)3)19(12)5/h6,8-10,14H,7H2,1-5H3. The Morgan fingerprint density at radius 1 is 1.32 bits per heavy atom. The van der Waals surface area contributed by atoms with E-state index in [4.69, 9.17) is 0 Å². The SMILES string of the molecule is CC(NCc1cnc(N(C)C)n1C)c1cnn(C)c1. The topological polar surface area (TPSA) is 50.9 Å². The molecule has 1 atom stereocenters. The van der Waals surface area contributed by atoms with Crippen molar-refractivity contribution in [1.82, 2.24) is 24.6 Å². The van der Waals surface area contributed by atoms with Crippen LogP contribution in [0.15, 0.2) is 18.6 Å². The van der Waals surface area contributed by atoms with Crippen molar-refractivity contribution in [2.75, 3.05) is 19.0 Å². The van der Waals surface area contributed by atoms with E-state index in [1.165, 1.54) is 11.3 Å². The van der Waals surface area contributed by atoms with Crippen LogP contribution < -0.4 is 10.2 Å². The van der Waals surface area contributed by atoms with Crippen LogP contribution in [0.5, 0.6) is 0 Å². The Morgan fingerprint density at radius 2 is 2.05 bits per heavy atom. The van der Waals surface area contributed by atoms with Crippen LogP contribution in [-0.2, 0) is 20.6 Å². The van der Waals surface area contributed by atoms with Crippen LogP contribution in [0, 0.1) is 0 Å². The van der Waals surface area contributed by atoms with Crippen molar-refractivity contribution >= 4 is 5.95 Å². The first-order chi connectivity index (χ1) is 8.99. The molecule has 0 aromatic carbocycles. The maximum absolute atomic E-state index is 4.40. The van der Waals surface area contributed by atoms with Crippen molar-refractivity contribution in [3.05, 3.63) is 29.8 Å². The molecule has 0 aliphatic heterocycles. The lowest BCUT2D eigenvalue weighted by Crippen LogP contribution is -2.20. The van der Waals surface area contributed by atoms with Gasteiger partial charge in [0.25, 0.3) is 0 Å². The molecular formula is C13H22N6. The fraction of sp³-hybridized carbons (Fsp3) is 0.538.